The van der Waals surface area contributed by atoms with E-state index >= 15 is 0 Å². The number of fused-ring (bicyclic) bond motifs is 1. The number of hydrogen-bond acceptors (Lipinski definition) is 2. The Labute approximate surface area is 113 Å². The molecule has 1 unspecified atom stereocenters. The van der Waals surface area contributed by atoms with Crippen LogP contribution in [0.2, 0.25) is 0 Å². The zero-order chi connectivity index (χ0) is 13.0. The summed E-state index contributed by atoms with van der Waals surface area (Å²) in [5.74, 6) is 2.79. The van der Waals surface area contributed by atoms with Gasteiger partial charge in [0.15, 0.2) is 5.96 Å². The molecule has 0 saturated carbocycles. The number of nitrogens with two attached hydrogens (primary N) is 1. The number of benzene rings is 1. The Kier molecular flexibility index (Phi) is 4.53. The summed E-state index contributed by atoms with van der Waals surface area (Å²) in [7, 11) is 0. The summed E-state index contributed by atoms with van der Waals surface area (Å²) < 4.78 is 0. The summed E-state index contributed by atoms with van der Waals surface area (Å²) in [4.78, 5) is 5.72. The Hall–Kier alpha value is -1.16. The molecular weight excluding hydrogens is 242 g/mol. The Bertz CT molecular complexity index is 429. The quantitative estimate of drug-likeness (QED) is 0.648. The van der Waals surface area contributed by atoms with Crippen molar-refractivity contribution >= 4 is 17.7 Å². The maximum Gasteiger partial charge on any atom is 0.188 e. The summed E-state index contributed by atoms with van der Waals surface area (Å²) >= 11 is 1.93. The molecule has 0 saturated heterocycles. The van der Waals surface area contributed by atoms with Gasteiger partial charge in [-0.25, -0.2) is 0 Å². The first-order valence-corrected chi connectivity index (χ1v) is 7.41. The highest BCUT2D eigenvalue weighted by Gasteiger charge is 2.22. The first-order chi connectivity index (χ1) is 8.66. The minimum absolute atomic E-state index is 0.541. The van der Waals surface area contributed by atoms with Crippen molar-refractivity contribution < 1.29 is 0 Å². The summed E-state index contributed by atoms with van der Waals surface area (Å²) in [5.41, 5.74) is 7.29. The van der Waals surface area contributed by atoms with Gasteiger partial charge in [0.2, 0.25) is 0 Å². The Morgan fingerprint density at radius 1 is 1.50 bits per heavy atom. The van der Waals surface area contributed by atoms with E-state index in [1.54, 1.807) is 0 Å². The minimum atomic E-state index is 0.541. The van der Waals surface area contributed by atoms with Crippen LogP contribution in [0.5, 0.6) is 0 Å². The van der Waals surface area contributed by atoms with Crippen molar-refractivity contribution in [1.29, 1.82) is 0 Å². The summed E-state index contributed by atoms with van der Waals surface area (Å²) in [6.45, 7) is 5.94. The van der Waals surface area contributed by atoms with E-state index in [0.29, 0.717) is 17.8 Å². The Morgan fingerprint density at radius 2 is 2.28 bits per heavy atom. The predicted octanol–water partition coefficient (Wildman–Crippen LogP) is 2.44. The first kappa shape index (κ1) is 13.3. The van der Waals surface area contributed by atoms with Gasteiger partial charge in [0.1, 0.15) is 0 Å². The number of nitrogens with one attached hydrogen (secondary N) is 1. The molecule has 0 bridgehead atoms. The third-order valence-corrected chi connectivity index (χ3v) is 4.21. The van der Waals surface area contributed by atoms with Gasteiger partial charge in [0.05, 0.1) is 0 Å². The molecule has 98 valence electrons. The third-order valence-electron chi connectivity index (χ3n) is 2.96. The maximum atomic E-state index is 5.85. The average Bonchev–Trinajstić information content (AvgIpc) is 2.77. The largest absolute Gasteiger partial charge is 0.370 e. The lowest BCUT2D eigenvalue weighted by atomic mass is 10.0. The third kappa shape index (κ3) is 3.42. The minimum Gasteiger partial charge on any atom is -0.370 e. The van der Waals surface area contributed by atoms with E-state index in [1.165, 1.54) is 10.5 Å². The zero-order valence-electron chi connectivity index (χ0n) is 11.0. The van der Waals surface area contributed by atoms with Crippen LogP contribution in [0, 0.1) is 5.92 Å². The van der Waals surface area contributed by atoms with Crippen molar-refractivity contribution in [1.82, 2.24) is 5.32 Å². The fourth-order valence-electron chi connectivity index (χ4n) is 1.96. The molecular formula is C14H21N3S. The molecule has 3 nitrogen and oxygen atoms in total. The molecule has 1 atom stereocenters. The lowest BCUT2D eigenvalue weighted by Gasteiger charge is -2.12. The molecule has 4 heteroatoms. The van der Waals surface area contributed by atoms with Gasteiger partial charge in [-0.2, -0.15) is 0 Å². The molecule has 0 aliphatic carbocycles. The van der Waals surface area contributed by atoms with Crippen molar-refractivity contribution in [2.45, 2.75) is 24.7 Å². The van der Waals surface area contributed by atoms with Crippen LogP contribution in [0.4, 0.5) is 0 Å². The molecule has 0 radical (unpaired) electrons. The number of rotatable bonds is 4. The van der Waals surface area contributed by atoms with Crippen LogP contribution in [-0.2, 0) is 0 Å². The lowest BCUT2D eigenvalue weighted by Crippen LogP contribution is -2.35. The van der Waals surface area contributed by atoms with E-state index in [0.717, 1.165) is 18.8 Å². The monoisotopic (exact) mass is 263 g/mol. The van der Waals surface area contributed by atoms with Gasteiger partial charge < -0.3 is 11.1 Å². The SMILES string of the molecule is CC(C)CN=C(N)NCC1CSc2ccccc21. The second-order valence-corrected chi connectivity index (χ2v) is 6.11. The topological polar surface area (TPSA) is 50.4 Å². The summed E-state index contributed by atoms with van der Waals surface area (Å²) in [5, 5.41) is 3.24. The second kappa shape index (κ2) is 6.14. The van der Waals surface area contributed by atoms with Gasteiger partial charge in [-0.15, -0.1) is 11.8 Å². The standard InChI is InChI=1S/C14H21N3S/c1-10(2)7-16-14(15)17-8-11-9-18-13-6-4-3-5-12(11)13/h3-6,10-11H,7-9H2,1-2H3,(H3,15,16,17). The van der Waals surface area contributed by atoms with Crippen LogP contribution in [-0.4, -0.2) is 24.8 Å². The number of guanidine groups is 1. The molecule has 1 aliphatic rings. The van der Waals surface area contributed by atoms with Crippen molar-refractivity contribution in [3.63, 3.8) is 0 Å². The van der Waals surface area contributed by atoms with E-state index in [-0.39, 0.29) is 0 Å². The van der Waals surface area contributed by atoms with E-state index in [1.807, 2.05) is 11.8 Å². The molecule has 0 aromatic heterocycles. The first-order valence-electron chi connectivity index (χ1n) is 6.42. The maximum absolute atomic E-state index is 5.85. The average molecular weight is 263 g/mol. The van der Waals surface area contributed by atoms with Crippen molar-refractivity contribution in [2.75, 3.05) is 18.8 Å². The van der Waals surface area contributed by atoms with Crippen molar-refractivity contribution in [3.05, 3.63) is 29.8 Å². The number of aliphatic imine (C=N–C) groups is 1. The van der Waals surface area contributed by atoms with Crippen molar-refractivity contribution in [2.24, 2.45) is 16.6 Å². The molecule has 0 fully saturated rings. The van der Waals surface area contributed by atoms with E-state index in [4.69, 9.17) is 5.73 Å². The van der Waals surface area contributed by atoms with Gasteiger partial charge >= 0.3 is 0 Å². The van der Waals surface area contributed by atoms with Crippen LogP contribution < -0.4 is 11.1 Å². The van der Waals surface area contributed by atoms with Crippen LogP contribution in [0.3, 0.4) is 0 Å². The smallest absolute Gasteiger partial charge is 0.188 e. The summed E-state index contributed by atoms with van der Waals surface area (Å²) in [6, 6.07) is 8.60. The van der Waals surface area contributed by atoms with Crippen molar-refractivity contribution in [3.8, 4) is 0 Å². The lowest BCUT2D eigenvalue weighted by molar-refractivity contribution is 0.657. The Morgan fingerprint density at radius 3 is 3.06 bits per heavy atom. The van der Waals surface area contributed by atoms with E-state index in [2.05, 4.69) is 48.4 Å². The Balaban J connectivity index is 1.87. The number of nitrogens with zero attached hydrogens (tertiary/aromatic N) is 1. The van der Waals surface area contributed by atoms with E-state index in [9.17, 15) is 0 Å². The van der Waals surface area contributed by atoms with Gasteiger partial charge in [-0.1, -0.05) is 32.0 Å². The second-order valence-electron chi connectivity index (χ2n) is 5.05. The number of thioether (sulfide) groups is 1. The number of hydrogen-bond donors (Lipinski definition) is 2. The predicted molar refractivity (Wildman–Crippen MR) is 79.2 cm³/mol. The fraction of sp³-hybridized carbons (Fsp3) is 0.500. The normalized spacial score (nSPS) is 19.1. The van der Waals surface area contributed by atoms with E-state index < -0.39 is 0 Å². The molecule has 0 amide bonds. The van der Waals surface area contributed by atoms with Crippen LogP contribution >= 0.6 is 11.8 Å². The molecule has 0 spiro atoms. The molecule has 18 heavy (non-hydrogen) atoms. The van der Waals surface area contributed by atoms with Gasteiger partial charge in [0.25, 0.3) is 0 Å². The highest BCUT2D eigenvalue weighted by Crippen LogP contribution is 2.38. The van der Waals surface area contributed by atoms with Gasteiger partial charge in [-0.3, -0.25) is 4.99 Å². The highest BCUT2D eigenvalue weighted by molar-refractivity contribution is 7.99. The van der Waals surface area contributed by atoms with Crippen LogP contribution in [0.15, 0.2) is 34.2 Å². The molecule has 1 aromatic rings. The highest BCUT2D eigenvalue weighted by atomic mass is 32.2. The van der Waals surface area contributed by atoms with Gasteiger partial charge in [-0.05, 0) is 17.5 Å². The van der Waals surface area contributed by atoms with Gasteiger partial charge in [0, 0.05) is 29.7 Å². The van der Waals surface area contributed by atoms with Crippen LogP contribution in [0.1, 0.15) is 25.3 Å². The molecule has 2 rings (SSSR count). The molecule has 3 N–H and O–H groups in total. The zero-order valence-corrected chi connectivity index (χ0v) is 11.8. The molecule has 1 aromatic carbocycles. The summed E-state index contributed by atoms with van der Waals surface area (Å²) in [6.07, 6.45) is 0. The van der Waals surface area contributed by atoms with Crippen LogP contribution in [0.25, 0.3) is 0 Å². The molecule has 1 aliphatic heterocycles. The fourth-order valence-corrected chi connectivity index (χ4v) is 3.22. The molecule has 1 heterocycles.